The Morgan fingerprint density at radius 1 is 1.40 bits per heavy atom. The summed E-state index contributed by atoms with van der Waals surface area (Å²) in [6.07, 6.45) is 6.84. The van der Waals surface area contributed by atoms with Gasteiger partial charge in [0, 0.05) is 24.4 Å². The molecular formula is C10H18N4O. The van der Waals surface area contributed by atoms with Gasteiger partial charge in [0.25, 0.3) is 0 Å². The van der Waals surface area contributed by atoms with E-state index < -0.39 is 0 Å². The maximum atomic E-state index is 11.4. The van der Waals surface area contributed by atoms with Crippen LogP contribution in [0, 0.1) is 5.92 Å². The summed E-state index contributed by atoms with van der Waals surface area (Å²) >= 11 is 0. The fraction of sp³-hybridized carbons (Fsp3) is 0.900. The van der Waals surface area contributed by atoms with Gasteiger partial charge >= 0.3 is 0 Å². The fourth-order valence-corrected chi connectivity index (χ4v) is 2.02. The zero-order valence-corrected chi connectivity index (χ0v) is 8.98. The van der Waals surface area contributed by atoms with Crippen LogP contribution in [0.1, 0.15) is 38.5 Å². The van der Waals surface area contributed by atoms with Gasteiger partial charge in [-0.3, -0.25) is 4.79 Å². The first-order chi connectivity index (χ1) is 7.33. The first-order valence-corrected chi connectivity index (χ1v) is 5.60. The summed E-state index contributed by atoms with van der Waals surface area (Å²) in [5.41, 5.74) is 8.04. The van der Waals surface area contributed by atoms with Crippen LogP contribution < -0.4 is 5.32 Å². The maximum absolute atomic E-state index is 11.4. The van der Waals surface area contributed by atoms with Gasteiger partial charge in [-0.25, -0.2) is 0 Å². The standard InChI is InChI=1S/C10H18N4O/c11-14-13-7-6-12-10(15)8-9-4-2-1-3-5-9/h9H,1-8H2,(H,12,15). The normalized spacial score (nSPS) is 16.8. The number of carbonyl (C=O) groups is 1. The minimum absolute atomic E-state index is 0.0926. The second kappa shape index (κ2) is 7.12. The van der Waals surface area contributed by atoms with Gasteiger partial charge in [-0.05, 0) is 24.3 Å². The van der Waals surface area contributed by atoms with Crippen LogP contribution in [0.15, 0.2) is 5.11 Å². The molecule has 1 aliphatic rings. The van der Waals surface area contributed by atoms with Gasteiger partial charge in [-0.1, -0.05) is 24.4 Å². The highest BCUT2D eigenvalue weighted by atomic mass is 16.1. The predicted octanol–water partition coefficient (Wildman–Crippen LogP) is 2.38. The van der Waals surface area contributed by atoms with E-state index >= 15 is 0 Å². The van der Waals surface area contributed by atoms with Gasteiger partial charge in [0.15, 0.2) is 0 Å². The van der Waals surface area contributed by atoms with Crippen LogP contribution in [-0.4, -0.2) is 19.0 Å². The van der Waals surface area contributed by atoms with Crippen LogP contribution in [0.5, 0.6) is 0 Å². The van der Waals surface area contributed by atoms with E-state index in [0.717, 1.165) is 0 Å². The van der Waals surface area contributed by atoms with Crippen LogP contribution in [-0.2, 0) is 4.79 Å². The molecule has 0 aromatic carbocycles. The van der Waals surface area contributed by atoms with Crippen molar-refractivity contribution in [1.82, 2.24) is 5.32 Å². The third kappa shape index (κ3) is 5.27. The summed E-state index contributed by atoms with van der Waals surface area (Å²) < 4.78 is 0. The Bertz CT molecular complexity index is 242. The van der Waals surface area contributed by atoms with Gasteiger partial charge < -0.3 is 5.32 Å². The van der Waals surface area contributed by atoms with E-state index in [2.05, 4.69) is 15.3 Å². The highest BCUT2D eigenvalue weighted by molar-refractivity contribution is 5.76. The summed E-state index contributed by atoms with van der Waals surface area (Å²) in [5.74, 6) is 0.660. The average molecular weight is 210 g/mol. The van der Waals surface area contributed by atoms with Crippen molar-refractivity contribution in [3.63, 3.8) is 0 Å². The van der Waals surface area contributed by atoms with Crippen molar-refractivity contribution in [2.75, 3.05) is 13.1 Å². The summed E-state index contributed by atoms with van der Waals surface area (Å²) in [6.45, 7) is 0.794. The molecule has 5 nitrogen and oxygen atoms in total. The molecule has 0 atom stereocenters. The fourth-order valence-electron chi connectivity index (χ4n) is 2.02. The number of amides is 1. The SMILES string of the molecule is [N-]=[N+]=NCCNC(=O)CC1CCCCC1. The predicted molar refractivity (Wildman–Crippen MR) is 58.2 cm³/mol. The summed E-state index contributed by atoms with van der Waals surface area (Å²) in [4.78, 5) is 14.1. The van der Waals surface area contributed by atoms with E-state index in [1.807, 2.05) is 0 Å². The van der Waals surface area contributed by atoms with Gasteiger partial charge in [0.05, 0.1) is 0 Å². The topological polar surface area (TPSA) is 77.9 Å². The lowest BCUT2D eigenvalue weighted by atomic mass is 9.87. The molecule has 0 saturated heterocycles. The molecule has 1 aliphatic carbocycles. The number of rotatable bonds is 5. The zero-order chi connectivity index (χ0) is 10.9. The Morgan fingerprint density at radius 2 is 2.13 bits per heavy atom. The van der Waals surface area contributed by atoms with Crippen LogP contribution >= 0.6 is 0 Å². The molecule has 1 N–H and O–H groups in total. The third-order valence-electron chi connectivity index (χ3n) is 2.80. The second-order valence-electron chi connectivity index (χ2n) is 4.01. The molecule has 1 amide bonds. The molecule has 84 valence electrons. The first kappa shape index (κ1) is 11.9. The minimum Gasteiger partial charge on any atom is -0.356 e. The lowest BCUT2D eigenvalue weighted by molar-refractivity contribution is -0.122. The second-order valence-corrected chi connectivity index (χ2v) is 4.01. The molecule has 0 unspecified atom stereocenters. The van der Waals surface area contributed by atoms with E-state index in [1.165, 1.54) is 32.1 Å². The van der Waals surface area contributed by atoms with Gasteiger partial charge in [-0.15, -0.1) is 0 Å². The molecule has 0 aromatic heterocycles. The summed E-state index contributed by atoms with van der Waals surface area (Å²) in [5, 5.41) is 6.12. The molecule has 1 fully saturated rings. The molecule has 5 heteroatoms. The Hall–Kier alpha value is -1.22. The Labute approximate surface area is 89.9 Å². The van der Waals surface area contributed by atoms with Crippen molar-refractivity contribution in [3.8, 4) is 0 Å². The zero-order valence-electron chi connectivity index (χ0n) is 8.98. The Morgan fingerprint density at radius 3 is 2.80 bits per heavy atom. The van der Waals surface area contributed by atoms with Crippen molar-refractivity contribution < 1.29 is 4.79 Å². The number of azide groups is 1. The molecule has 1 rings (SSSR count). The van der Waals surface area contributed by atoms with Crippen LogP contribution in [0.3, 0.4) is 0 Å². The molecule has 0 spiro atoms. The lowest BCUT2D eigenvalue weighted by Gasteiger charge is -2.20. The van der Waals surface area contributed by atoms with Crippen LogP contribution in [0.2, 0.25) is 0 Å². The van der Waals surface area contributed by atoms with E-state index in [0.29, 0.717) is 25.4 Å². The number of hydrogen-bond acceptors (Lipinski definition) is 2. The van der Waals surface area contributed by atoms with Gasteiger partial charge in [-0.2, -0.15) is 0 Å². The molecule has 15 heavy (non-hydrogen) atoms. The van der Waals surface area contributed by atoms with E-state index in [1.54, 1.807) is 0 Å². The monoisotopic (exact) mass is 210 g/mol. The van der Waals surface area contributed by atoms with E-state index in [-0.39, 0.29) is 5.91 Å². The number of nitrogens with zero attached hydrogens (tertiary/aromatic N) is 3. The highest BCUT2D eigenvalue weighted by Gasteiger charge is 2.16. The van der Waals surface area contributed by atoms with Crippen molar-refractivity contribution in [2.45, 2.75) is 38.5 Å². The molecule has 0 radical (unpaired) electrons. The van der Waals surface area contributed by atoms with Crippen molar-refractivity contribution >= 4 is 5.91 Å². The molecule has 0 heterocycles. The quantitative estimate of drug-likeness (QED) is 0.321. The maximum Gasteiger partial charge on any atom is 0.220 e. The first-order valence-electron chi connectivity index (χ1n) is 5.60. The lowest BCUT2D eigenvalue weighted by Crippen LogP contribution is -2.28. The molecule has 0 bridgehead atoms. The third-order valence-corrected chi connectivity index (χ3v) is 2.80. The number of hydrogen-bond donors (Lipinski definition) is 1. The minimum atomic E-state index is 0.0926. The van der Waals surface area contributed by atoms with Crippen LogP contribution in [0.25, 0.3) is 10.4 Å². The van der Waals surface area contributed by atoms with Crippen molar-refractivity contribution in [2.24, 2.45) is 11.0 Å². The van der Waals surface area contributed by atoms with Gasteiger partial charge in [0.1, 0.15) is 0 Å². The van der Waals surface area contributed by atoms with Gasteiger partial charge in [0.2, 0.25) is 5.91 Å². The molecule has 1 saturated carbocycles. The number of carbonyl (C=O) groups excluding carboxylic acids is 1. The Kier molecular flexibility index (Phi) is 5.63. The highest BCUT2D eigenvalue weighted by Crippen LogP contribution is 2.25. The van der Waals surface area contributed by atoms with Crippen molar-refractivity contribution in [3.05, 3.63) is 10.4 Å². The van der Waals surface area contributed by atoms with E-state index in [9.17, 15) is 4.79 Å². The Balaban J connectivity index is 2.08. The summed E-state index contributed by atoms with van der Waals surface area (Å²) in [6, 6.07) is 0. The molecular weight excluding hydrogens is 192 g/mol. The van der Waals surface area contributed by atoms with Crippen LogP contribution in [0.4, 0.5) is 0 Å². The molecule has 0 aromatic rings. The smallest absolute Gasteiger partial charge is 0.220 e. The summed E-state index contributed by atoms with van der Waals surface area (Å²) in [7, 11) is 0. The van der Waals surface area contributed by atoms with Crippen molar-refractivity contribution in [1.29, 1.82) is 0 Å². The van der Waals surface area contributed by atoms with E-state index in [4.69, 9.17) is 5.53 Å². The average Bonchev–Trinajstić information content (AvgIpc) is 2.26. The largest absolute Gasteiger partial charge is 0.356 e. The molecule has 0 aliphatic heterocycles. The number of nitrogens with one attached hydrogen (secondary N) is 1.